The zero-order valence-electron chi connectivity index (χ0n) is 16.1. The normalized spacial score (nSPS) is 10.3. The van der Waals surface area contributed by atoms with Crippen LogP contribution in [0, 0.1) is 32.1 Å². The summed E-state index contributed by atoms with van der Waals surface area (Å²) in [7, 11) is 1.32. The first-order chi connectivity index (χ1) is 12.9. The molecule has 0 saturated carbocycles. The fourth-order valence-corrected chi connectivity index (χ4v) is 2.92. The molecule has 0 atom stereocenters. The molecule has 2 aromatic rings. The van der Waals surface area contributed by atoms with E-state index in [0.29, 0.717) is 37.1 Å². The van der Waals surface area contributed by atoms with Gasteiger partial charge in [-0.05, 0) is 50.5 Å². The number of nitrogens with one attached hydrogen (secondary N) is 1. The molecule has 7 heteroatoms. The zero-order valence-corrected chi connectivity index (χ0v) is 16.1. The molecule has 0 radical (unpaired) electrons. The van der Waals surface area contributed by atoms with Crippen molar-refractivity contribution in [3.63, 3.8) is 0 Å². The van der Waals surface area contributed by atoms with Gasteiger partial charge in [-0.2, -0.15) is 10.4 Å². The van der Waals surface area contributed by atoms with Gasteiger partial charge in [0.05, 0.1) is 37.4 Å². The summed E-state index contributed by atoms with van der Waals surface area (Å²) in [6.07, 6.45) is 1.26. The van der Waals surface area contributed by atoms with E-state index in [-0.39, 0.29) is 5.91 Å². The lowest BCUT2D eigenvalue weighted by Gasteiger charge is -2.10. The van der Waals surface area contributed by atoms with Gasteiger partial charge in [0.1, 0.15) is 0 Å². The van der Waals surface area contributed by atoms with Crippen LogP contribution in [0.15, 0.2) is 18.2 Å². The summed E-state index contributed by atoms with van der Waals surface area (Å²) in [5, 5.41) is 16.0. The fourth-order valence-electron chi connectivity index (χ4n) is 2.92. The van der Waals surface area contributed by atoms with Crippen molar-refractivity contribution < 1.29 is 14.3 Å². The molecule has 0 aliphatic carbocycles. The van der Waals surface area contributed by atoms with Crippen LogP contribution in [0.3, 0.4) is 0 Å². The van der Waals surface area contributed by atoms with E-state index in [2.05, 4.69) is 16.5 Å². The van der Waals surface area contributed by atoms with Gasteiger partial charge in [0.25, 0.3) is 0 Å². The van der Waals surface area contributed by atoms with Gasteiger partial charge in [-0.25, -0.2) is 4.79 Å². The summed E-state index contributed by atoms with van der Waals surface area (Å²) < 4.78 is 6.53. The molecule has 0 spiro atoms. The number of esters is 1. The van der Waals surface area contributed by atoms with Gasteiger partial charge in [-0.1, -0.05) is 6.07 Å². The second-order valence-electron chi connectivity index (χ2n) is 6.35. The van der Waals surface area contributed by atoms with Crippen LogP contribution in [-0.4, -0.2) is 28.8 Å². The Kier molecular flexibility index (Phi) is 6.72. The van der Waals surface area contributed by atoms with Crippen molar-refractivity contribution in [1.29, 1.82) is 5.26 Å². The third kappa shape index (κ3) is 4.94. The number of hydrogen-bond donors (Lipinski definition) is 1. The van der Waals surface area contributed by atoms with Crippen molar-refractivity contribution in [2.75, 3.05) is 12.4 Å². The Balaban J connectivity index is 2.04. The zero-order chi connectivity index (χ0) is 20.0. The summed E-state index contributed by atoms with van der Waals surface area (Å²) in [5.74, 6) is -0.578. The molecule has 0 fully saturated rings. The van der Waals surface area contributed by atoms with Gasteiger partial charge in [0.15, 0.2) is 0 Å². The van der Waals surface area contributed by atoms with Crippen molar-refractivity contribution >= 4 is 17.6 Å². The van der Waals surface area contributed by atoms with Crippen LogP contribution in [0.2, 0.25) is 0 Å². The lowest BCUT2D eigenvalue weighted by Crippen LogP contribution is -2.14. The van der Waals surface area contributed by atoms with Crippen molar-refractivity contribution in [1.82, 2.24) is 9.78 Å². The summed E-state index contributed by atoms with van der Waals surface area (Å²) in [5.41, 5.74) is 4.75. The number of nitriles is 1. The SMILES string of the molecule is COC(=O)c1ccc(C)c(NC(=O)CCc2c(C)nn(CCC#N)c2C)c1. The number of anilines is 1. The van der Waals surface area contributed by atoms with Crippen LogP contribution < -0.4 is 5.32 Å². The predicted molar refractivity (Wildman–Crippen MR) is 101 cm³/mol. The van der Waals surface area contributed by atoms with E-state index in [0.717, 1.165) is 22.5 Å². The first kappa shape index (κ1) is 20.2. The average Bonchev–Trinajstić information content (AvgIpc) is 2.92. The van der Waals surface area contributed by atoms with Crippen LogP contribution >= 0.6 is 0 Å². The molecule has 1 aromatic heterocycles. The molecule has 142 valence electrons. The molecule has 1 aromatic carbocycles. The maximum absolute atomic E-state index is 12.4. The Hall–Kier alpha value is -3.14. The third-order valence-electron chi connectivity index (χ3n) is 4.50. The smallest absolute Gasteiger partial charge is 0.337 e. The van der Waals surface area contributed by atoms with Crippen LogP contribution in [0.1, 0.15) is 45.7 Å². The highest BCUT2D eigenvalue weighted by Gasteiger charge is 2.14. The molecule has 0 aliphatic heterocycles. The van der Waals surface area contributed by atoms with Crippen LogP contribution in [0.4, 0.5) is 5.69 Å². The topological polar surface area (TPSA) is 97.0 Å². The van der Waals surface area contributed by atoms with Crippen molar-refractivity contribution in [3.05, 3.63) is 46.3 Å². The van der Waals surface area contributed by atoms with E-state index in [1.807, 2.05) is 25.5 Å². The molecule has 7 nitrogen and oxygen atoms in total. The van der Waals surface area contributed by atoms with E-state index in [9.17, 15) is 9.59 Å². The van der Waals surface area contributed by atoms with Crippen LogP contribution in [0.5, 0.6) is 0 Å². The highest BCUT2D eigenvalue weighted by molar-refractivity contribution is 5.95. The average molecular weight is 368 g/mol. The minimum atomic E-state index is -0.443. The summed E-state index contributed by atoms with van der Waals surface area (Å²) in [4.78, 5) is 24.1. The number of aromatic nitrogens is 2. The first-order valence-corrected chi connectivity index (χ1v) is 8.76. The number of benzene rings is 1. The summed E-state index contributed by atoms with van der Waals surface area (Å²) >= 11 is 0. The molecule has 2 rings (SSSR count). The Morgan fingerprint density at radius 1 is 1.30 bits per heavy atom. The Bertz CT molecular complexity index is 893. The van der Waals surface area contributed by atoms with Gasteiger partial charge >= 0.3 is 5.97 Å². The fraction of sp³-hybridized carbons (Fsp3) is 0.400. The largest absolute Gasteiger partial charge is 0.465 e. The van der Waals surface area contributed by atoms with Gasteiger partial charge in [0.2, 0.25) is 5.91 Å². The highest BCUT2D eigenvalue weighted by atomic mass is 16.5. The van der Waals surface area contributed by atoms with E-state index in [1.165, 1.54) is 7.11 Å². The maximum atomic E-state index is 12.4. The highest BCUT2D eigenvalue weighted by Crippen LogP contribution is 2.19. The van der Waals surface area contributed by atoms with E-state index >= 15 is 0 Å². The lowest BCUT2D eigenvalue weighted by atomic mass is 10.1. The molecule has 1 amide bonds. The molecule has 0 unspecified atom stereocenters. The Labute approximate surface area is 158 Å². The standard InChI is InChI=1S/C20H24N4O3/c1-13-6-7-16(20(26)27-4)12-18(13)22-19(25)9-8-17-14(2)23-24(15(17)3)11-5-10-21/h6-7,12H,5,8-9,11H2,1-4H3,(H,22,25). The summed E-state index contributed by atoms with van der Waals surface area (Å²) in [6.45, 7) is 6.28. The molecule has 27 heavy (non-hydrogen) atoms. The number of carbonyl (C=O) groups is 2. The molecular formula is C20H24N4O3. The molecule has 1 N–H and O–H groups in total. The van der Waals surface area contributed by atoms with E-state index in [1.54, 1.807) is 18.2 Å². The Morgan fingerprint density at radius 2 is 2.04 bits per heavy atom. The van der Waals surface area contributed by atoms with Gasteiger partial charge in [-0.15, -0.1) is 0 Å². The number of methoxy groups -OCH3 is 1. The number of carbonyl (C=O) groups excluding carboxylic acids is 2. The lowest BCUT2D eigenvalue weighted by molar-refractivity contribution is -0.116. The number of nitrogens with zero attached hydrogens (tertiary/aromatic N) is 3. The number of ether oxygens (including phenoxy) is 1. The van der Waals surface area contributed by atoms with Crippen molar-refractivity contribution in [2.45, 2.75) is 46.6 Å². The minimum Gasteiger partial charge on any atom is -0.465 e. The number of hydrogen-bond acceptors (Lipinski definition) is 5. The summed E-state index contributed by atoms with van der Waals surface area (Å²) in [6, 6.07) is 7.17. The molecule has 0 saturated heterocycles. The van der Waals surface area contributed by atoms with Crippen molar-refractivity contribution in [2.24, 2.45) is 0 Å². The first-order valence-electron chi connectivity index (χ1n) is 8.76. The second-order valence-corrected chi connectivity index (χ2v) is 6.35. The molecule has 0 bridgehead atoms. The maximum Gasteiger partial charge on any atom is 0.337 e. The number of rotatable bonds is 7. The molecular weight excluding hydrogens is 344 g/mol. The van der Waals surface area contributed by atoms with Crippen molar-refractivity contribution in [3.8, 4) is 6.07 Å². The van der Waals surface area contributed by atoms with Gasteiger partial charge < -0.3 is 10.1 Å². The second kappa shape index (κ2) is 8.99. The van der Waals surface area contributed by atoms with Gasteiger partial charge in [0, 0.05) is 17.8 Å². The number of amides is 1. The quantitative estimate of drug-likeness (QED) is 0.758. The molecule has 0 aliphatic rings. The van der Waals surface area contributed by atoms with E-state index in [4.69, 9.17) is 10.00 Å². The third-order valence-corrected chi connectivity index (χ3v) is 4.50. The number of aryl methyl sites for hydroxylation is 3. The predicted octanol–water partition coefficient (Wildman–Crippen LogP) is 3.08. The van der Waals surface area contributed by atoms with Crippen LogP contribution in [-0.2, 0) is 22.5 Å². The Morgan fingerprint density at radius 3 is 2.70 bits per heavy atom. The van der Waals surface area contributed by atoms with Gasteiger partial charge in [-0.3, -0.25) is 9.48 Å². The van der Waals surface area contributed by atoms with Crippen LogP contribution in [0.25, 0.3) is 0 Å². The molecule has 1 heterocycles. The van der Waals surface area contributed by atoms with E-state index < -0.39 is 5.97 Å². The monoisotopic (exact) mass is 368 g/mol. The minimum absolute atomic E-state index is 0.135.